The minimum absolute atomic E-state index is 0.00482. The highest BCUT2D eigenvalue weighted by Crippen LogP contribution is 2.26. The Morgan fingerprint density at radius 1 is 1.43 bits per heavy atom. The van der Waals surface area contributed by atoms with E-state index in [1.54, 1.807) is 12.1 Å². The molecule has 6 heteroatoms. The first-order valence-electron chi connectivity index (χ1n) is 7.00. The van der Waals surface area contributed by atoms with E-state index >= 15 is 0 Å². The Morgan fingerprint density at radius 3 is 2.67 bits per heavy atom. The summed E-state index contributed by atoms with van der Waals surface area (Å²) >= 11 is 0. The second-order valence-electron chi connectivity index (χ2n) is 5.39. The normalized spacial score (nSPS) is 20.7. The molecular formula is C15H21F2N3O. The van der Waals surface area contributed by atoms with E-state index in [9.17, 15) is 8.78 Å². The highest BCUT2D eigenvalue weighted by molar-refractivity contribution is 5.78. The number of nitrogens with two attached hydrogens (primary N) is 1. The molecule has 1 aliphatic rings. The molecule has 0 saturated carbocycles. The summed E-state index contributed by atoms with van der Waals surface area (Å²) in [5.41, 5.74) is 6.82. The van der Waals surface area contributed by atoms with Crippen LogP contribution >= 0.6 is 0 Å². The van der Waals surface area contributed by atoms with Gasteiger partial charge in [-0.1, -0.05) is 24.3 Å². The van der Waals surface area contributed by atoms with Crippen LogP contribution in [0.4, 0.5) is 8.78 Å². The molecule has 0 aromatic heterocycles. The molecule has 1 aromatic rings. The molecule has 1 aromatic carbocycles. The van der Waals surface area contributed by atoms with Crippen LogP contribution < -0.4 is 5.73 Å². The molecule has 1 fully saturated rings. The van der Waals surface area contributed by atoms with E-state index in [0.717, 1.165) is 25.6 Å². The van der Waals surface area contributed by atoms with Gasteiger partial charge in [-0.2, -0.15) is 0 Å². The van der Waals surface area contributed by atoms with E-state index < -0.39 is 5.92 Å². The Labute approximate surface area is 123 Å². The van der Waals surface area contributed by atoms with Crippen molar-refractivity contribution in [3.05, 3.63) is 35.4 Å². The third-order valence-corrected chi connectivity index (χ3v) is 3.45. The summed E-state index contributed by atoms with van der Waals surface area (Å²) in [6.45, 7) is 5.34. The number of guanidine groups is 1. The molecule has 2 N–H and O–H groups in total. The van der Waals surface area contributed by atoms with Gasteiger partial charge < -0.3 is 15.4 Å². The molecule has 0 amide bonds. The summed E-state index contributed by atoms with van der Waals surface area (Å²) in [7, 11) is 0. The zero-order valence-corrected chi connectivity index (χ0v) is 12.4. The predicted molar refractivity (Wildman–Crippen MR) is 78.3 cm³/mol. The zero-order chi connectivity index (χ0) is 15.5. The SMILES string of the molecule is CC1CN(C(N)=NCc2ccc(C(C)(F)F)cc2)CCO1. The minimum Gasteiger partial charge on any atom is -0.375 e. The molecule has 2 rings (SSSR count). The van der Waals surface area contributed by atoms with E-state index in [0.29, 0.717) is 19.1 Å². The second kappa shape index (κ2) is 6.39. The number of halogens is 2. The minimum atomic E-state index is -2.81. The first-order chi connectivity index (χ1) is 9.86. The summed E-state index contributed by atoms with van der Waals surface area (Å²) in [6.07, 6.45) is 0.138. The van der Waals surface area contributed by atoms with Gasteiger partial charge in [0.2, 0.25) is 0 Å². The van der Waals surface area contributed by atoms with Crippen LogP contribution in [0.5, 0.6) is 0 Å². The number of hydrogen-bond donors (Lipinski definition) is 1. The highest BCUT2D eigenvalue weighted by Gasteiger charge is 2.23. The number of morpholine rings is 1. The number of aliphatic imine (C=N–C) groups is 1. The van der Waals surface area contributed by atoms with E-state index in [-0.39, 0.29) is 11.7 Å². The first kappa shape index (κ1) is 15.7. The summed E-state index contributed by atoms with van der Waals surface area (Å²) < 4.78 is 31.7. The molecule has 0 bridgehead atoms. The van der Waals surface area contributed by atoms with Crippen LogP contribution in [0.3, 0.4) is 0 Å². The fraction of sp³-hybridized carbons (Fsp3) is 0.533. The largest absolute Gasteiger partial charge is 0.375 e. The van der Waals surface area contributed by atoms with Gasteiger partial charge in [-0.25, -0.2) is 13.8 Å². The lowest BCUT2D eigenvalue weighted by molar-refractivity contribution is 0.00528. The third kappa shape index (κ3) is 4.39. The Bertz CT molecular complexity index is 497. The standard InChI is InChI=1S/C15H21F2N3O/c1-11-10-20(7-8-21-11)14(18)19-9-12-3-5-13(6-4-12)15(2,16)17/h3-6,11H,7-10H2,1-2H3,(H2,18,19). The van der Waals surface area contributed by atoms with Gasteiger partial charge in [0.25, 0.3) is 5.92 Å². The van der Waals surface area contributed by atoms with Crippen molar-refractivity contribution in [2.24, 2.45) is 10.7 Å². The van der Waals surface area contributed by atoms with Crippen molar-refractivity contribution in [2.45, 2.75) is 32.4 Å². The van der Waals surface area contributed by atoms with Gasteiger partial charge in [-0.05, 0) is 12.5 Å². The molecule has 1 saturated heterocycles. The summed E-state index contributed by atoms with van der Waals surface area (Å²) in [4.78, 5) is 6.30. The van der Waals surface area contributed by atoms with Crippen LogP contribution in [-0.4, -0.2) is 36.7 Å². The van der Waals surface area contributed by atoms with Crippen molar-refractivity contribution < 1.29 is 13.5 Å². The van der Waals surface area contributed by atoms with E-state index in [4.69, 9.17) is 10.5 Å². The molecule has 1 atom stereocenters. The molecule has 21 heavy (non-hydrogen) atoms. The van der Waals surface area contributed by atoms with Gasteiger partial charge in [0.1, 0.15) is 0 Å². The summed E-state index contributed by atoms with van der Waals surface area (Å²) in [5.74, 6) is -2.35. The molecule has 1 aliphatic heterocycles. The Kier molecular flexibility index (Phi) is 4.77. The van der Waals surface area contributed by atoms with E-state index in [1.165, 1.54) is 12.1 Å². The molecule has 4 nitrogen and oxygen atoms in total. The maximum absolute atomic E-state index is 13.1. The number of nitrogens with zero attached hydrogens (tertiary/aromatic N) is 2. The maximum atomic E-state index is 13.1. The Morgan fingerprint density at radius 2 is 2.10 bits per heavy atom. The lowest BCUT2D eigenvalue weighted by atomic mass is 10.1. The second-order valence-corrected chi connectivity index (χ2v) is 5.39. The van der Waals surface area contributed by atoms with E-state index in [2.05, 4.69) is 4.99 Å². The van der Waals surface area contributed by atoms with Crippen LogP contribution in [-0.2, 0) is 17.2 Å². The number of ether oxygens (including phenoxy) is 1. The van der Waals surface area contributed by atoms with Crippen molar-refractivity contribution in [1.82, 2.24) is 4.90 Å². The van der Waals surface area contributed by atoms with Gasteiger partial charge in [-0.15, -0.1) is 0 Å². The Hall–Kier alpha value is -1.69. The monoisotopic (exact) mass is 297 g/mol. The van der Waals surface area contributed by atoms with Crippen molar-refractivity contribution in [2.75, 3.05) is 19.7 Å². The lowest BCUT2D eigenvalue weighted by Gasteiger charge is -2.31. The molecule has 1 unspecified atom stereocenters. The van der Waals surface area contributed by atoms with E-state index in [1.807, 2.05) is 11.8 Å². The average molecular weight is 297 g/mol. The van der Waals surface area contributed by atoms with Crippen LogP contribution in [0, 0.1) is 0 Å². The molecular weight excluding hydrogens is 276 g/mol. The maximum Gasteiger partial charge on any atom is 0.270 e. The van der Waals surface area contributed by atoms with Gasteiger partial charge >= 0.3 is 0 Å². The number of benzene rings is 1. The number of hydrogen-bond acceptors (Lipinski definition) is 2. The van der Waals surface area contributed by atoms with Crippen molar-refractivity contribution >= 4 is 5.96 Å². The molecule has 116 valence electrons. The topological polar surface area (TPSA) is 50.8 Å². The molecule has 0 radical (unpaired) electrons. The fourth-order valence-corrected chi connectivity index (χ4v) is 2.20. The quantitative estimate of drug-likeness (QED) is 0.688. The van der Waals surface area contributed by atoms with Crippen molar-refractivity contribution in [3.8, 4) is 0 Å². The van der Waals surface area contributed by atoms with Crippen molar-refractivity contribution in [1.29, 1.82) is 0 Å². The lowest BCUT2D eigenvalue weighted by Crippen LogP contribution is -2.47. The van der Waals surface area contributed by atoms with Crippen molar-refractivity contribution in [3.63, 3.8) is 0 Å². The first-order valence-corrected chi connectivity index (χ1v) is 7.00. The zero-order valence-electron chi connectivity index (χ0n) is 12.4. The molecule has 1 heterocycles. The summed E-state index contributed by atoms with van der Waals surface area (Å²) in [6, 6.07) is 6.17. The smallest absolute Gasteiger partial charge is 0.270 e. The summed E-state index contributed by atoms with van der Waals surface area (Å²) in [5, 5.41) is 0. The predicted octanol–water partition coefficient (Wildman–Crippen LogP) is 2.33. The number of rotatable bonds is 3. The van der Waals surface area contributed by atoms with Gasteiger partial charge in [0, 0.05) is 25.6 Å². The Balaban J connectivity index is 1.96. The van der Waals surface area contributed by atoms with Crippen LogP contribution in [0.15, 0.2) is 29.3 Å². The highest BCUT2D eigenvalue weighted by atomic mass is 19.3. The molecule has 0 aliphatic carbocycles. The van der Waals surface area contributed by atoms with Gasteiger partial charge in [0.15, 0.2) is 5.96 Å². The van der Waals surface area contributed by atoms with Gasteiger partial charge in [-0.3, -0.25) is 0 Å². The van der Waals surface area contributed by atoms with Crippen LogP contribution in [0.2, 0.25) is 0 Å². The van der Waals surface area contributed by atoms with Crippen LogP contribution in [0.25, 0.3) is 0 Å². The average Bonchev–Trinajstić information content (AvgIpc) is 2.44. The fourth-order valence-electron chi connectivity index (χ4n) is 2.20. The molecule has 0 spiro atoms. The number of alkyl halides is 2. The third-order valence-electron chi connectivity index (χ3n) is 3.45. The van der Waals surface area contributed by atoms with Gasteiger partial charge in [0.05, 0.1) is 19.3 Å². The van der Waals surface area contributed by atoms with Crippen LogP contribution in [0.1, 0.15) is 25.0 Å².